The van der Waals surface area contributed by atoms with Gasteiger partial charge in [0.2, 0.25) is 0 Å². The van der Waals surface area contributed by atoms with Crippen molar-refractivity contribution in [3.63, 3.8) is 0 Å². The van der Waals surface area contributed by atoms with Gasteiger partial charge in [-0.1, -0.05) is 41.9 Å². The van der Waals surface area contributed by atoms with Crippen LogP contribution in [0.25, 0.3) is 22.5 Å². The molecule has 4 rings (SSSR count). The molecule has 1 aliphatic heterocycles. The molecule has 0 radical (unpaired) electrons. The average Bonchev–Trinajstić information content (AvgIpc) is 3.10. The minimum Gasteiger partial charge on any atom is -0.444 e. The summed E-state index contributed by atoms with van der Waals surface area (Å²) >= 11 is 6.47. The Morgan fingerprint density at radius 2 is 1.97 bits per heavy atom. The smallest absolute Gasteiger partial charge is 0.410 e. The zero-order valence-corrected chi connectivity index (χ0v) is 17.5. The molecule has 0 unspecified atom stereocenters. The molecule has 1 aromatic carbocycles. The Hall–Kier alpha value is -2.86. The number of carbonyl (C=O) groups is 1. The number of aromatic nitrogens is 3. The zero-order chi connectivity index (χ0) is 20.6. The van der Waals surface area contributed by atoms with Gasteiger partial charge >= 0.3 is 6.09 Å². The fourth-order valence-corrected chi connectivity index (χ4v) is 3.66. The van der Waals surface area contributed by atoms with Crippen LogP contribution in [0, 0.1) is 0 Å². The van der Waals surface area contributed by atoms with Crippen LogP contribution >= 0.6 is 11.6 Å². The number of nitrogens with zero attached hydrogens (tertiary/aromatic N) is 3. The molecule has 0 bridgehead atoms. The number of amides is 1. The Bertz CT molecular complexity index is 1040. The summed E-state index contributed by atoms with van der Waals surface area (Å²) in [6.45, 7) is 6.59. The first-order valence-electron chi connectivity index (χ1n) is 9.58. The van der Waals surface area contributed by atoms with Crippen molar-refractivity contribution in [2.75, 3.05) is 6.54 Å². The van der Waals surface area contributed by atoms with Gasteiger partial charge in [0.15, 0.2) is 0 Å². The third kappa shape index (κ3) is 4.12. The van der Waals surface area contributed by atoms with Crippen molar-refractivity contribution < 1.29 is 9.53 Å². The van der Waals surface area contributed by atoms with E-state index in [9.17, 15) is 4.79 Å². The van der Waals surface area contributed by atoms with Gasteiger partial charge in [-0.25, -0.2) is 14.8 Å². The van der Waals surface area contributed by atoms with Gasteiger partial charge in [0.25, 0.3) is 0 Å². The molecule has 1 amide bonds. The average molecular weight is 411 g/mol. The molecule has 29 heavy (non-hydrogen) atoms. The van der Waals surface area contributed by atoms with Crippen LogP contribution < -0.4 is 0 Å². The van der Waals surface area contributed by atoms with Gasteiger partial charge in [0, 0.05) is 19.2 Å². The van der Waals surface area contributed by atoms with Crippen molar-refractivity contribution in [3.05, 3.63) is 59.1 Å². The monoisotopic (exact) mass is 410 g/mol. The van der Waals surface area contributed by atoms with E-state index in [-0.39, 0.29) is 6.09 Å². The van der Waals surface area contributed by atoms with Gasteiger partial charge in [-0.2, -0.15) is 0 Å². The van der Waals surface area contributed by atoms with E-state index in [0.717, 1.165) is 28.1 Å². The highest BCUT2D eigenvalue weighted by Crippen LogP contribution is 2.36. The number of imidazole rings is 1. The molecule has 1 aliphatic rings. The molecule has 3 aromatic rings. The molecule has 3 heterocycles. The molecule has 0 saturated heterocycles. The van der Waals surface area contributed by atoms with Crippen LogP contribution in [0.4, 0.5) is 4.79 Å². The standard InChI is InChI=1S/C22H23ClN4O2/c1-22(2,3)29-21(28)27-12-10-16-17(13-27)26-20(25-16)18-15(9-11-24-19(18)23)14-7-5-4-6-8-14/h4-9,11H,10,12-13H2,1-3H3,(H,25,26). The number of hydrogen-bond donors (Lipinski definition) is 1. The number of fused-ring (bicyclic) bond motifs is 1. The first kappa shape index (κ1) is 19.5. The number of nitrogens with one attached hydrogen (secondary N) is 1. The summed E-state index contributed by atoms with van der Waals surface area (Å²) in [6.07, 6.45) is 2.04. The predicted octanol–water partition coefficient (Wildman–Crippen LogP) is 5.09. The van der Waals surface area contributed by atoms with Crippen molar-refractivity contribution in [1.82, 2.24) is 19.9 Å². The Labute approximate surface area is 174 Å². The summed E-state index contributed by atoms with van der Waals surface area (Å²) in [6, 6.07) is 11.9. The molecule has 0 saturated carbocycles. The lowest BCUT2D eigenvalue weighted by Gasteiger charge is -2.29. The quantitative estimate of drug-likeness (QED) is 0.597. The molecule has 1 N–H and O–H groups in total. The summed E-state index contributed by atoms with van der Waals surface area (Å²) in [5.74, 6) is 0.665. The number of hydrogen-bond acceptors (Lipinski definition) is 4. The number of H-pyrrole nitrogens is 1. The van der Waals surface area contributed by atoms with Gasteiger partial charge < -0.3 is 14.6 Å². The van der Waals surface area contributed by atoms with Crippen molar-refractivity contribution in [3.8, 4) is 22.5 Å². The second-order valence-electron chi connectivity index (χ2n) is 8.05. The fourth-order valence-electron chi connectivity index (χ4n) is 3.41. The summed E-state index contributed by atoms with van der Waals surface area (Å²) in [5, 5.41) is 0.390. The molecule has 2 aromatic heterocycles. The number of benzene rings is 1. The summed E-state index contributed by atoms with van der Waals surface area (Å²) < 4.78 is 5.50. The number of halogens is 1. The molecular weight excluding hydrogens is 388 g/mol. The van der Waals surface area contributed by atoms with Crippen LogP contribution in [0.3, 0.4) is 0 Å². The maximum Gasteiger partial charge on any atom is 0.410 e. The second kappa shape index (κ2) is 7.52. The second-order valence-corrected chi connectivity index (χ2v) is 8.41. The predicted molar refractivity (Wildman–Crippen MR) is 113 cm³/mol. The molecule has 0 atom stereocenters. The Kier molecular flexibility index (Phi) is 5.04. The largest absolute Gasteiger partial charge is 0.444 e. The van der Waals surface area contributed by atoms with Crippen LogP contribution in [0.5, 0.6) is 0 Å². The first-order chi connectivity index (χ1) is 13.8. The van der Waals surface area contributed by atoms with E-state index in [1.807, 2.05) is 57.2 Å². The molecule has 0 aliphatic carbocycles. The highest BCUT2D eigenvalue weighted by Gasteiger charge is 2.28. The minimum absolute atomic E-state index is 0.316. The van der Waals surface area contributed by atoms with Crippen molar-refractivity contribution in [2.45, 2.75) is 39.3 Å². The summed E-state index contributed by atoms with van der Waals surface area (Å²) in [5.41, 5.74) is 4.08. The highest BCUT2D eigenvalue weighted by molar-refractivity contribution is 6.32. The zero-order valence-electron chi connectivity index (χ0n) is 16.7. The van der Waals surface area contributed by atoms with E-state index in [1.165, 1.54) is 0 Å². The normalized spacial score (nSPS) is 13.9. The number of pyridine rings is 1. The van der Waals surface area contributed by atoms with Crippen LogP contribution in [-0.4, -0.2) is 38.1 Å². The van der Waals surface area contributed by atoms with Gasteiger partial charge in [0.1, 0.15) is 16.6 Å². The Balaban J connectivity index is 1.67. The molecule has 0 spiro atoms. The number of rotatable bonds is 2. The van der Waals surface area contributed by atoms with Crippen LogP contribution in [0.15, 0.2) is 42.6 Å². The first-order valence-corrected chi connectivity index (χ1v) is 9.95. The SMILES string of the molecule is CC(C)(C)OC(=O)N1CCc2nc(-c3c(-c4ccccc4)ccnc3Cl)[nH]c2C1. The van der Waals surface area contributed by atoms with E-state index in [0.29, 0.717) is 30.5 Å². The van der Waals surface area contributed by atoms with Crippen molar-refractivity contribution >= 4 is 17.7 Å². The maximum atomic E-state index is 12.4. The van der Waals surface area contributed by atoms with E-state index < -0.39 is 5.60 Å². The highest BCUT2D eigenvalue weighted by atomic mass is 35.5. The van der Waals surface area contributed by atoms with Gasteiger partial charge in [-0.05, 0) is 38.0 Å². The molecule has 0 fully saturated rings. The number of aromatic amines is 1. The number of carbonyl (C=O) groups excluding carboxylic acids is 1. The molecule has 150 valence electrons. The summed E-state index contributed by atoms with van der Waals surface area (Å²) in [4.78, 5) is 26.5. The van der Waals surface area contributed by atoms with Crippen LogP contribution in [0.1, 0.15) is 32.2 Å². The fraction of sp³-hybridized carbons (Fsp3) is 0.318. The van der Waals surface area contributed by atoms with Crippen LogP contribution in [-0.2, 0) is 17.7 Å². The topological polar surface area (TPSA) is 71.1 Å². The third-order valence-corrected chi connectivity index (χ3v) is 5.00. The van der Waals surface area contributed by atoms with E-state index in [4.69, 9.17) is 21.3 Å². The van der Waals surface area contributed by atoms with Crippen LogP contribution in [0.2, 0.25) is 5.15 Å². The molecule has 6 nitrogen and oxygen atoms in total. The maximum absolute atomic E-state index is 12.4. The van der Waals surface area contributed by atoms with Gasteiger partial charge in [-0.15, -0.1) is 0 Å². The Morgan fingerprint density at radius 1 is 1.21 bits per heavy atom. The van der Waals surface area contributed by atoms with Crippen molar-refractivity contribution in [2.24, 2.45) is 0 Å². The lowest BCUT2D eigenvalue weighted by Crippen LogP contribution is -2.39. The van der Waals surface area contributed by atoms with E-state index in [1.54, 1.807) is 11.1 Å². The number of ether oxygens (including phenoxy) is 1. The Morgan fingerprint density at radius 3 is 2.69 bits per heavy atom. The van der Waals surface area contributed by atoms with Crippen molar-refractivity contribution in [1.29, 1.82) is 0 Å². The lowest BCUT2D eigenvalue weighted by molar-refractivity contribution is 0.0221. The van der Waals surface area contributed by atoms with Gasteiger partial charge in [0.05, 0.1) is 23.5 Å². The van der Waals surface area contributed by atoms with E-state index >= 15 is 0 Å². The molecular formula is C22H23ClN4O2. The lowest BCUT2D eigenvalue weighted by atomic mass is 10.0. The van der Waals surface area contributed by atoms with E-state index in [2.05, 4.69) is 9.97 Å². The molecule has 7 heteroatoms. The minimum atomic E-state index is -0.523. The van der Waals surface area contributed by atoms with Gasteiger partial charge in [-0.3, -0.25) is 0 Å². The third-order valence-electron chi connectivity index (χ3n) is 4.71. The summed E-state index contributed by atoms with van der Waals surface area (Å²) in [7, 11) is 0.